The molecule has 0 spiro atoms. The molecule has 19 heavy (non-hydrogen) atoms. The molecule has 108 valence electrons. The molecule has 0 aliphatic carbocycles. The zero-order valence-electron chi connectivity index (χ0n) is 10.4. The van der Waals surface area contributed by atoms with Crippen LogP contribution in [-0.2, 0) is 0 Å². The van der Waals surface area contributed by atoms with E-state index in [0.29, 0.717) is 30.3 Å². The second kappa shape index (κ2) is 8.92. The first-order valence-corrected chi connectivity index (χ1v) is 5.95. The third-order valence-electron chi connectivity index (χ3n) is 2.23. The molecule has 3 N–H and O–H groups in total. The lowest BCUT2D eigenvalue weighted by molar-refractivity contribution is -0.383. The van der Waals surface area contributed by atoms with E-state index >= 15 is 0 Å². The van der Waals surface area contributed by atoms with Crippen LogP contribution in [0.2, 0.25) is 5.02 Å². The Labute approximate surface area is 122 Å². The van der Waals surface area contributed by atoms with Crippen molar-refractivity contribution in [3.05, 3.63) is 33.3 Å². The maximum Gasteiger partial charge on any atom is 0.293 e. The first-order valence-electron chi connectivity index (χ1n) is 5.58. The average Bonchev–Trinajstić information content (AvgIpc) is 2.29. The molecule has 0 aliphatic heterocycles. The van der Waals surface area contributed by atoms with Crippen LogP contribution >= 0.6 is 11.6 Å². The summed E-state index contributed by atoms with van der Waals surface area (Å²) in [4.78, 5) is 10.3. The number of para-hydroxylation sites is 1. The number of hydrogen-bond acceptors (Lipinski definition) is 5. The van der Waals surface area contributed by atoms with Crippen molar-refractivity contribution in [2.45, 2.75) is 13.0 Å². The predicted molar refractivity (Wildman–Crippen MR) is 71.1 cm³/mol. The molecule has 0 fully saturated rings. The molecule has 0 radical (unpaired) electrons. The number of aliphatic hydroxyl groups excluding tert-OH is 1. The summed E-state index contributed by atoms with van der Waals surface area (Å²) in [6, 6.07) is 4.54. The molecule has 0 saturated carbocycles. The zero-order chi connectivity index (χ0) is 13.5. The Morgan fingerprint density at radius 1 is 1.47 bits per heavy atom. The van der Waals surface area contributed by atoms with E-state index in [0.717, 1.165) is 0 Å². The van der Waals surface area contributed by atoms with Crippen LogP contribution in [0, 0.1) is 10.1 Å². The summed E-state index contributed by atoms with van der Waals surface area (Å²) in [7, 11) is 0. The number of nitro groups is 1. The predicted octanol–water partition coefficient (Wildman–Crippen LogP) is -1.37. The number of benzene rings is 1. The van der Waals surface area contributed by atoms with E-state index in [1.54, 1.807) is 13.0 Å². The highest BCUT2D eigenvalue weighted by Gasteiger charge is 2.15. The van der Waals surface area contributed by atoms with Crippen molar-refractivity contribution in [1.82, 2.24) is 5.32 Å². The van der Waals surface area contributed by atoms with Gasteiger partial charge >= 0.3 is 0 Å². The Morgan fingerprint density at radius 2 is 2.16 bits per heavy atom. The summed E-state index contributed by atoms with van der Waals surface area (Å²) in [5, 5.41) is 26.1. The minimum atomic E-state index is -0.475. The van der Waals surface area contributed by atoms with E-state index in [4.69, 9.17) is 16.7 Å². The van der Waals surface area contributed by atoms with Gasteiger partial charge in [0.1, 0.15) is 5.69 Å². The number of halogens is 2. The summed E-state index contributed by atoms with van der Waals surface area (Å²) < 4.78 is 0. The number of nitro benzene ring substituents is 1. The molecule has 1 aromatic carbocycles. The Kier molecular flexibility index (Phi) is 8.42. The molecule has 1 atom stereocenters. The SMILES string of the molecule is CC(O)CNCCNc1c(Cl)cccc1[N+](=O)[O-].[Cl-]. The fraction of sp³-hybridized carbons (Fsp3) is 0.455. The molecule has 0 heterocycles. The smallest absolute Gasteiger partial charge is 0.293 e. The van der Waals surface area contributed by atoms with Gasteiger partial charge in [-0.05, 0) is 13.0 Å². The number of hydrogen-bond donors (Lipinski definition) is 3. The van der Waals surface area contributed by atoms with Gasteiger partial charge in [-0.3, -0.25) is 10.1 Å². The highest BCUT2D eigenvalue weighted by molar-refractivity contribution is 6.33. The fourth-order valence-electron chi connectivity index (χ4n) is 1.43. The molecule has 1 unspecified atom stereocenters. The Hall–Kier alpha value is -1.08. The average molecular weight is 309 g/mol. The lowest BCUT2D eigenvalue weighted by atomic mass is 10.2. The number of anilines is 1. The van der Waals surface area contributed by atoms with Gasteiger partial charge in [-0.25, -0.2) is 0 Å². The number of aliphatic hydroxyl groups is 1. The molecule has 0 aliphatic rings. The third kappa shape index (κ3) is 6.07. The van der Waals surface area contributed by atoms with Gasteiger partial charge in [-0.1, -0.05) is 17.7 Å². The standard InChI is InChI=1S/C11H16ClN3O3.ClH/c1-8(16)7-13-5-6-14-11-9(12)3-2-4-10(11)15(17)18;/h2-4,8,13-14,16H,5-7H2,1H3;1H/p-1. The van der Waals surface area contributed by atoms with Crippen molar-refractivity contribution in [1.29, 1.82) is 0 Å². The molecule has 1 rings (SSSR count). The lowest BCUT2D eigenvalue weighted by Gasteiger charge is -2.10. The van der Waals surface area contributed by atoms with Crippen LogP contribution in [0.25, 0.3) is 0 Å². The monoisotopic (exact) mass is 308 g/mol. The van der Waals surface area contributed by atoms with Gasteiger partial charge in [0.15, 0.2) is 0 Å². The summed E-state index contributed by atoms with van der Waals surface area (Å²) in [6.07, 6.45) is -0.417. The largest absolute Gasteiger partial charge is 1.00 e. The Balaban J connectivity index is 0.00000324. The van der Waals surface area contributed by atoms with Crippen LogP contribution in [0.5, 0.6) is 0 Å². The van der Waals surface area contributed by atoms with Crippen LogP contribution in [0.3, 0.4) is 0 Å². The van der Waals surface area contributed by atoms with Gasteiger partial charge in [0.05, 0.1) is 16.0 Å². The topological polar surface area (TPSA) is 87.4 Å². The summed E-state index contributed by atoms with van der Waals surface area (Å²) in [5.41, 5.74) is 0.279. The van der Waals surface area contributed by atoms with Crippen LogP contribution in [0.15, 0.2) is 18.2 Å². The van der Waals surface area contributed by atoms with E-state index in [1.165, 1.54) is 12.1 Å². The van der Waals surface area contributed by atoms with E-state index in [9.17, 15) is 10.1 Å². The minimum Gasteiger partial charge on any atom is -1.00 e. The normalized spacial score (nSPS) is 11.5. The van der Waals surface area contributed by atoms with E-state index in [-0.39, 0.29) is 18.1 Å². The maximum absolute atomic E-state index is 10.8. The van der Waals surface area contributed by atoms with Crippen LogP contribution < -0.4 is 23.0 Å². The van der Waals surface area contributed by atoms with Crippen molar-refractivity contribution in [3.8, 4) is 0 Å². The molecule has 6 nitrogen and oxygen atoms in total. The van der Waals surface area contributed by atoms with Gasteiger partial charge < -0.3 is 28.1 Å². The summed E-state index contributed by atoms with van der Waals surface area (Å²) >= 11 is 5.91. The van der Waals surface area contributed by atoms with E-state index in [2.05, 4.69) is 10.6 Å². The van der Waals surface area contributed by atoms with Crippen LogP contribution in [-0.4, -0.2) is 35.8 Å². The van der Waals surface area contributed by atoms with Gasteiger partial charge in [-0.2, -0.15) is 0 Å². The molecule has 0 saturated heterocycles. The van der Waals surface area contributed by atoms with Gasteiger partial charge in [-0.15, -0.1) is 0 Å². The first kappa shape index (κ1) is 17.9. The highest BCUT2D eigenvalue weighted by atomic mass is 35.5. The molecular formula is C11H16Cl2N3O3-. The molecule has 0 bridgehead atoms. The maximum atomic E-state index is 10.8. The number of nitrogens with one attached hydrogen (secondary N) is 2. The third-order valence-corrected chi connectivity index (χ3v) is 2.55. The van der Waals surface area contributed by atoms with Gasteiger partial charge in [0, 0.05) is 25.7 Å². The van der Waals surface area contributed by atoms with E-state index < -0.39 is 11.0 Å². The Morgan fingerprint density at radius 3 is 2.74 bits per heavy atom. The van der Waals surface area contributed by atoms with Crippen molar-refractivity contribution in [3.63, 3.8) is 0 Å². The quantitative estimate of drug-likeness (QED) is 0.329. The van der Waals surface area contributed by atoms with Gasteiger partial charge in [0.2, 0.25) is 0 Å². The Bertz CT molecular complexity index is 416. The molecule has 0 aromatic heterocycles. The van der Waals surface area contributed by atoms with Gasteiger partial charge in [0.25, 0.3) is 5.69 Å². The number of nitrogens with zero attached hydrogens (tertiary/aromatic N) is 1. The van der Waals surface area contributed by atoms with E-state index in [1.807, 2.05) is 0 Å². The number of rotatable bonds is 7. The van der Waals surface area contributed by atoms with Crippen molar-refractivity contribution >= 4 is 23.0 Å². The van der Waals surface area contributed by atoms with Crippen LogP contribution in [0.1, 0.15) is 6.92 Å². The second-order valence-electron chi connectivity index (χ2n) is 3.87. The fourth-order valence-corrected chi connectivity index (χ4v) is 1.66. The molecular weight excluding hydrogens is 293 g/mol. The van der Waals surface area contributed by atoms with Crippen molar-refractivity contribution in [2.75, 3.05) is 25.0 Å². The molecule has 8 heteroatoms. The summed E-state index contributed by atoms with van der Waals surface area (Å²) in [5.74, 6) is 0. The molecule has 0 amide bonds. The zero-order valence-corrected chi connectivity index (χ0v) is 11.9. The first-order chi connectivity index (χ1) is 8.52. The van der Waals surface area contributed by atoms with Crippen LogP contribution in [0.4, 0.5) is 11.4 Å². The lowest BCUT2D eigenvalue weighted by Crippen LogP contribution is -3.00. The minimum absolute atomic E-state index is 0. The van der Waals surface area contributed by atoms with Crippen molar-refractivity contribution in [2.24, 2.45) is 0 Å². The molecule has 1 aromatic rings. The summed E-state index contributed by atoms with van der Waals surface area (Å²) in [6.45, 7) is 3.22. The highest BCUT2D eigenvalue weighted by Crippen LogP contribution is 2.31. The van der Waals surface area contributed by atoms with Crippen molar-refractivity contribution < 1.29 is 22.4 Å². The second-order valence-corrected chi connectivity index (χ2v) is 4.28.